The number of para-hydroxylation sites is 3. The van der Waals surface area contributed by atoms with E-state index in [4.69, 9.17) is 14.4 Å². The first-order chi connectivity index (χ1) is 25.3. The van der Waals surface area contributed by atoms with E-state index in [0.717, 1.165) is 61.1 Å². The fourth-order valence-corrected chi connectivity index (χ4v) is 8.91. The van der Waals surface area contributed by atoms with E-state index in [1.54, 1.807) is 0 Å². The normalized spacial score (nSPS) is 11.9. The summed E-state index contributed by atoms with van der Waals surface area (Å²) in [5.74, 6) is 0.624. The Kier molecular flexibility index (Phi) is 6.09. The average Bonchev–Trinajstić information content (AvgIpc) is 3.88. The van der Waals surface area contributed by atoms with Crippen molar-refractivity contribution in [3.8, 4) is 39.6 Å². The lowest BCUT2D eigenvalue weighted by Gasteiger charge is -2.12. The highest BCUT2D eigenvalue weighted by Crippen LogP contribution is 2.43. The van der Waals surface area contributed by atoms with Gasteiger partial charge in [-0.15, -0.1) is 11.3 Å². The third kappa shape index (κ3) is 4.32. The van der Waals surface area contributed by atoms with Crippen LogP contribution in [0.5, 0.6) is 0 Å². The van der Waals surface area contributed by atoms with Crippen LogP contribution in [0, 0.1) is 0 Å². The van der Waals surface area contributed by atoms with Crippen molar-refractivity contribution in [1.82, 2.24) is 14.5 Å². The van der Waals surface area contributed by atoms with Gasteiger partial charge in [0.15, 0.2) is 0 Å². The zero-order valence-electron chi connectivity index (χ0n) is 27.2. The van der Waals surface area contributed by atoms with E-state index in [0.29, 0.717) is 5.95 Å². The molecule has 238 valence electrons. The number of hydrogen-bond acceptors (Lipinski definition) is 4. The molecule has 4 heterocycles. The number of furan rings is 1. The Bertz CT molecular complexity index is 3130. The third-order valence-electron chi connectivity index (χ3n) is 10.1. The van der Waals surface area contributed by atoms with Gasteiger partial charge in [0.05, 0.1) is 27.1 Å². The predicted octanol–water partition coefficient (Wildman–Crippen LogP) is 12.8. The zero-order chi connectivity index (χ0) is 33.5. The molecule has 4 nitrogen and oxygen atoms in total. The first-order valence-electron chi connectivity index (χ1n) is 17.1. The van der Waals surface area contributed by atoms with Gasteiger partial charge in [0.2, 0.25) is 5.95 Å². The number of benzene rings is 7. The molecule has 5 heteroatoms. The Hall–Kier alpha value is -6.56. The lowest BCUT2D eigenvalue weighted by molar-refractivity contribution is 0.670. The van der Waals surface area contributed by atoms with Crippen LogP contribution in [0.4, 0.5) is 0 Å². The smallest absolute Gasteiger partial charge is 0.235 e. The molecule has 0 aliphatic carbocycles. The van der Waals surface area contributed by atoms with Crippen LogP contribution < -0.4 is 0 Å². The molecule has 0 bridgehead atoms. The van der Waals surface area contributed by atoms with Crippen molar-refractivity contribution in [1.29, 1.82) is 0 Å². The summed E-state index contributed by atoms with van der Waals surface area (Å²) in [5.41, 5.74) is 9.83. The van der Waals surface area contributed by atoms with Gasteiger partial charge in [-0.05, 0) is 41.5 Å². The highest BCUT2D eigenvalue weighted by molar-refractivity contribution is 7.26. The second kappa shape index (κ2) is 11.0. The van der Waals surface area contributed by atoms with Crippen molar-refractivity contribution in [2.45, 2.75) is 0 Å². The van der Waals surface area contributed by atoms with Crippen LogP contribution in [-0.4, -0.2) is 14.5 Å². The fraction of sp³-hybridized carbons (Fsp3) is 0. The minimum Gasteiger partial charge on any atom is -0.455 e. The van der Waals surface area contributed by atoms with Gasteiger partial charge in [0.1, 0.15) is 11.2 Å². The molecule has 7 aromatic carbocycles. The minimum atomic E-state index is 0.624. The lowest BCUT2D eigenvalue weighted by atomic mass is 10.0. The summed E-state index contributed by atoms with van der Waals surface area (Å²) >= 11 is 1.83. The molecule has 0 saturated heterocycles. The maximum atomic E-state index is 6.55. The Balaban J connectivity index is 1.22. The van der Waals surface area contributed by atoms with E-state index in [2.05, 4.69) is 150 Å². The van der Waals surface area contributed by atoms with Crippen LogP contribution in [0.25, 0.3) is 104 Å². The fourth-order valence-electron chi connectivity index (χ4n) is 7.67. The average molecular weight is 670 g/mol. The standard InChI is InChI=1S/C46H27N3OS/c1-2-11-28(12-3-1)29-21-23-30(24-22-29)38-27-39(37-17-10-16-35-32-14-5-8-19-41(32)50-44(35)37)48-46(47-38)49-40-18-7-4-13-31(40)34-25-26-36-33-15-6-9-20-42(33)51-45(36)43(34)49/h1-27H. The van der Waals surface area contributed by atoms with Gasteiger partial charge >= 0.3 is 0 Å². The number of nitrogens with zero attached hydrogens (tertiary/aromatic N) is 3. The van der Waals surface area contributed by atoms with Gasteiger partial charge in [0, 0.05) is 48.1 Å². The first-order valence-corrected chi connectivity index (χ1v) is 17.9. The number of thiophene rings is 1. The quantitative estimate of drug-likeness (QED) is 0.187. The van der Waals surface area contributed by atoms with Crippen molar-refractivity contribution in [2.24, 2.45) is 0 Å². The van der Waals surface area contributed by atoms with Crippen molar-refractivity contribution >= 4 is 75.3 Å². The van der Waals surface area contributed by atoms with Gasteiger partial charge in [-0.25, -0.2) is 9.97 Å². The second-order valence-corrected chi connectivity index (χ2v) is 14.0. The molecule has 51 heavy (non-hydrogen) atoms. The van der Waals surface area contributed by atoms with Crippen molar-refractivity contribution in [3.63, 3.8) is 0 Å². The Labute approximate surface area is 296 Å². The van der Waals surface area contributed by atoms with E-state index in [1.165, 1.54) is 36.5 Å². The van der Waals surface area contributed by atoms with E-state index < -0.39 is 0 Å². The van der Waals surface area contributed by atoms with E-state index in [-0.39, 0.29) is 0 Å². The molecule has 0 aliphatic heterocycles. The SMILES string of the molecule is c1ccc(-c2ccc(-c3cc(-c4cccc5c4oc4ccccc45)nc(-n4c5ccccc5c5ccc6c7ccccc7sc6c54)n3)cc2)cc1. The van der Waals surface area contributed by atoms with Crippen LogP contribution in [0.15, 0.2) is 168 Å². The first kappa shape index (κ1) is 28.3. The molecule has 11 rings (SSSR count). The van der Waals surface area contributed by atoms with Gasteiger partial charge < -0.3 is 4.42 Å². The summed E-state index contributed by atoms with van der Waals surface area (Å²) < 4.78 is 11.3. The van der Waals surface area contributed by atoms with Gasteiger partial charge in [-0.2, -0.15) is 0 Å². The van der Waals surface area contributed by atoms with Gasteiger partial charge in [-0.1, -0.05) is 133 Å². The largest absolute Gasteiger partial charge is 0.455 e. The highest BCUT2D eigenvalue weighted by Gasteiger charge is 2.22. The van der Waals surface area contributed by atoms with E-state index in [9.17, 15) is 0 Å². The Morgan fingerprint density at radius 1 is 0.471 bits per heavy atom. The minimum absolute atomic E-state index is 0.624. The van der Waals surface area contributed by atoms with Crippen molar-refractivity contribution in [2.75, 3.05) is 0 Å². The zero-order valence-corrected chi connectivity index (χ0v) is 28.1. The molecule has 11 aromatic rings. The maximum Gasteiger partial charge on any atom is 0.235 e. The molecule has 0 fully saturated rings. The summed E-state index contributed by atoms with van der Waals surface area (Å²) in [7, 11) is 0. The molecule has 0 amide bonds. The molecular weight excluding hydrogens is 643 g/mol. The van der Waals surface area contributed by atoms with Crippen LogP contribution >= 0.6 is 11.3 Å². The van der Waals surface area contributed by atoms with Crippen molar-refractivity contribution < 1.29 is 4.42 Å². The Morgan fingerprint density at radius 3 is 2.02 bits per heavy atom. The number of rotatable bonds is 4. The summed E-state index contributed by atoms with van der Waals surface area (Å²) in [6.07, 6.45) is 0. The molecule has 0 N–H and O–H groups in total. The molecule has 0 aliphatic rings. The van der Waals surface area contributed by atoms with Gasteiger partial charge in [0.25, 0.3) is 0 Å². The summed E-state index contributed by atoms with van der Waals surface area (Å²) in [5, 5.41) is 7.03. The molecule has 0 spiro atoms. The van der Waals surface area contributed by atoms with E-state index >= 15 is 0 Å². The van der Waals surface area contributed by atoms with Crippen LogP contribution in [0.1, 0.15) is 0 Å². The maximum absolute atomic E-state index is 6.55. The van der Waals surface area contributed by atoms with Crippen LogP contribution in [0.3, 0.4) is 0 Å². The summed E-state index contributed by atoms with van der Waals surface area (Å²) in [4.78, 5) is 10.8. The van der Waals surface area contributed by atoms with Crippen molar-refractivity contribution in [3.05, 3.63) is 164 Å². The van der Waals surface area contributed by atoms with E-state index in [1.807, 2.05) is 29.5 Å². The predicted molar refractivity (Wildman–Crippen MR) is 213 cm³/mol. The number of fused-ring (bicyclic) bond motifs is 10. The highest BCUT2D eigenvalue weighted by atomic mass is 32.1. The van der Waals surface area contributed by atoms with Crippen LogP contribution in [-0.2, 0) is 0 Å². The molecule has 0 radical (unpaired) electrons. The van der Waals surface area contributed by atoms with Gasteiger partial charge in [-0.3, -0.25) is 4.57 Å². The molecule has 0 unspecified atom stereocenters. The second-order valence-electron chi connectivity index (χ2n) is 13.0. The lowest BCUT2D eigenvalue weighted by Crippen LogP contribution is -2.04. The Morgan fingerprint density at radius 2 is 1.14 bits per heavy atom. The number of aromatic nitrogens is 3. The monoisotopic (exact) mass is 669 g/mol. The topological polar surface area (TPSA) is 43.9 Å². The molecule has 4 aromatic heterocycles. The summed E-state index contributed by atoms with van der Waals surface area (Å²) in [6.45, 7) is 0. The number of hydrogen-bond donors (Lipinski definition) is 0. The van der Waals surface area contributed by atoms with Crippen LogP contribution in [0.2, 0.25) is 0 Å². The molecule has 0 atom stereocenters. The third-order valence-corrected chi connectivity index (χ3v) is 11.3. The molecule has 0 saturated carbocycles. The summed E-state index contributed by atoms with van der Waals surface area (Å²) in [6, 6.07) is 57.6. The molecular formula is C46H27N3OS.